The Kier molecular flexibility index (Phi) is 4.62. The highest BCUT2D eigenvalue weighted by atomic mass is 16.4. The topological polar surface area (TPSA) is 52.6 Å². The maximum Gasteiger partial charge on any atom is 0.320 e. The molecule has 0 aromatic carbocycles. The molecule has 0 radical (unpaired) electrons. The Labute approximate surface area is 110 Å². The van der Waals surface area contributed by atoms with E-state index in [1.54, 1.807) is 0 Å². The summed E-state index contributed by atoms with van der Waals surface area (Å²) < 4.78 is 0. The lowest BCUT2D eigenvalue weighted by molar-refractivity contribution is -0.140. The fraction of sp³-hybridized carbons (Fsp3) is 0.929. The molecule has 0 aromatic heterocycles. The number of nitrogens with one attached hydrogen (secondary N) is 1. The quantitative estimate of drug-likeness (QED) is 0.784. The summed E-state index contributed by atoms with van der Waals surface area (Å²) in [7, 11) is 0. The zero-order chi connectivity index (χ0) is 13.1. The van der Waals surface area contributed by atoms with Gasteiger partial charge in [0.1, 0.15) is 6.04 Å². The lowest BCUT2D eigenvalue weighted by Crippen LogP contribution is -2.51. The van der Waals surface area contributed by atoms with E-state index in [1.807, 2.05) is 0 Å². The number of nitrogens with zero attached hydrogens (tertiary/aromatic N) is 1. The minimum absolute atomic E-state index is 0.372. The van der Waals surface area contributed by atoms with E-state index in [0.717, 1.165) is 25.8 Å². The highest BCUT2D eigenvalue weighted by Crippen LogP contribution is 2.27. The minimum atomic E-state index is -0.697. The summed E-state index contributed by atoms with van der Waals surface area (Å²) >= 11 is 0. The van der Waals surface area contributed by atoms with E-state index in [0.29, 0.717) is 18.0 Å². The second-order valence-electron chi connectivity index (χ2n) is 6.24. The molecule has 2 fully saturated rings. The van der Waals surface area contributed by atoms with Crippen molar-refractivity contribution in [3.8, 4) is 0 Å². The van der Waals surface area contributed by atoms with Crippen molar-refractivity contribution in [1.29, 1.82) is 0 Å². The smallest absolute Gasteiger partial charge is 0.320 e. The number of piperidine rings is 1. The first-order valence-corrected chi connectivity index (χ1v) is 7.29. The largest absolute Gasteiger partial charge is 0.480 e. The summed E-state index contributed by atoms with van der Waals surface area (Å²) in [6.07, 6.45) is 5.55. The van der Waals surface area contributed by atoms with Gasteiger partial charge >= 0.3 is 5.97 Å². The lowest BCUT2D eigenvalue weighted by atomic mass is 9.95. The van der Waals surface area contributed by atoms with Crippen LogP contribution in [-0.2, 0) is 4.79 Å². The molecule has 2 aliphatic heterocycles. The number of hydrogen-bond donors (Lipinski definition) is 2. The highest BCUT2D eigenvalue weighted by Gasteiger charge is 2.33. The lowest BCUT2D eigenvalue weighted by Gasteiger charge is -2.36. The monoisotopic (exact) mass is 254 g/mol. The summed E-state index contributed by atoms with van der Waals surface area (Å²) in [4.78, 5) is 13.8. The van der Waals surface area contributed by atoms with Crippen molar-refractivity contribution in [3.63, 3.8) is 0 Å². The van der Waals surface area contributed by atoms with Gasteiger partial charge in [-0.2, -0.15) is 0 Å². The van der Waals surface area contributed by atoms with Crippen LogP contribution in [0.3, 0.4) is 0 Å². The molecule has 0 spiro atoms. The third-order valence-electron chi connectivity index (χ3n) is 4.26. The molecule has 2 heterocycles. The molecule has 4 nitrogen and oxygen atoms in total. The van der Waals surface area contributed by atoms with Gasteiger partial charge in [-0.25, -0.2) is 0 Å². The fourth-order valence-corrected chi connectivity index (χ4v) is 3.37. The van der Waals surface area contributed by atoms with Crippen LogP contribution in [0.2, 0.25) is 0 Å². The Balaban J connectivity index is 1.85. The molecule has 3 unspecified atom stereocenters. The van der Waals surface area contributed by atoms with E-state index < -0.39 is 5.97 Å². The van der Waals surface area contributed by atoms with Crippen molar-refractivity contribution >= 4 is 5.97 Å². The molecule has 4 heteroatoms. The number of rotatable bonds is 5. The van der Waals surface area contributed by atoms with E-state index in [4.69, 9.17) is 0 Å². The summed E-state index contributed by atoms with van der Waals surface area (Å²) in [5.74, 6) is -0.275. The normalized spacial score (nSPS) is 30.4. The molecule has 2 N–H and O–H groups in total. The van der Waals surface area contributed by atoms with Gasteiger partial charge in [-0.05, 0) is 51.1 Å². The molecule has 0 saturated carbocycles. The number of carboxylic acid groups (broad SMARTS) is 1. The van der Waals surface area contributed by atoms with Crippen LogP contribution in [0.1, 0.15) is 46.0 Å². The van der Waals surface area contributed by atoms with Gasteiger partial charge in [-0.15, -0.1) is 0 Å². The number of carbonyl (C=O) groups is 1. The molecule has 0 aliphatic carbocycles. The van der Waals surface area contributed by atoms with Crippen molar-refractivity contribution in [2.75, 3.05) is 13.1 Å². The molecule has 0 aromatic rings. The molecular weight excluding hydrogens is 228 g/mol. The van der Waals surface area contributed by atoms with Crippen LogP contribution in [-0.4, -0.2) is 47.2 Å². The molecule has 0 bridgehead atoms. The van der Waals surface area contributed by atoms with Crippen molar-refractivity contribution in [2.45, 2.75) is 64.1 Å². The average molecular weight is 254 g/mol. The van der Waals surface area contributed by atoms with Crippen molar-refractivity contribution in [3.05, 3.63) is 0 Å². The summed E-state index contributed by atoms with van der Waals surface area (Å²) in [6, 6.07) is 0.719. The van der Waals surface area contributed by atoms with Crippen LogP contribution in [0.5, 0.6) is 0 Å². The Morgan fingerprint density at radius 1 is 1.39 bits per heavy atom. The number of carboxylic acids is 1. The summed E-state index contributed by atoms with van der Waals surface area (Å²) in [6.45, 7) is 6.54. The van der Waals surface area contributed by atoms with E-state index in [1.165, 1.54) is 19.4 Å². The molecule has 18 heavy (non-hydrogen) atoms. The van der Waals surface area contributed by atoms with Crippen LogP contribution in [0, 0.1) is 5.92 Å². The maximum absolute atomic E-state index is 11.3. The van der Waals surface area contributed by atoms with Gasteiger partial charge in [0.05, 0.1) is 0 Å². The first-order chi connectivity index (χ1) is 8.56. The number of aliphatic carboxylic acids is 1. The standard InChI is InChI=1S/C14H26N2O2/c1-10(2)8-13(14(17)18)15-11-5-7-16-6-3-4-12(16)9-11/h10-13,15H,3-9H2,1-2H3,(H,17,18). The van der Waals surface area contributed by atoms with Crippen molar-refractivity contribution in [2.24, 2.45) is 5.92 Å². The van der Waals surface area contributed by atoms with Crippen LogP contribution in [0.15, 0.2) is 0 Å². The minimum Gasteiger partial charge on any atom is -0.480 e. The van der Waals surface area contributed by atoms with Gasteiger partial charge in [0.25, 0.3) is 0 Å². The van der Waals surface area contributed by atoms with Crippen LogP contribution >= 0.6 is 0 Å². The summed E-state index contributed by atoms with van der Waals surface area (Å²) in [5, 5.41) is 12.6. The van der Waals surface area contributed by atoms with E-state index in [2.05, 4.69) is 24.1 Å². The second kappa shape index (κ2) is 6.02. The van der Waals surface area contributed by atoms with Crippen molar-refractivity contribution in [1.82, 2.24) is 10.2 Å². The zero-order valence-electron chi connectivity index (χ0n) is 11.6. The Morgan fingerprint density at radius 2 is 2.17 bits per heavy atom. The first kappa shape index (κ1) is 13.8. The first-order valence-electron chi connectivity index (χ1n) is 7.29. The molecule has 2 aliphatic rings. The highest BCUT2D eigenvalue weighted by molar-refractivity contribution is 5.73. The molecule has 2 saturated heterocycles. The van der Waals surface area contributed by atoms with Crippen LogP contribution in [0.25, 0.3) is 0 Å². The predicted octanol–water partition coefficient (Wildman–Crippen LogP) is 1.70. The van der Waals surface area contributed by atoms with Gasteiger partial charge in [0, 0.05) is 12.1 Å². The van der Waals surface area contributed by atoms with Crippen LogP contribution < -0.4 is 5.32 Å². The van der Waals surface area contributed by atoms with E-state index in [-0.39, 0.29) is 6.04 Å². The number of hydrogen-bond acceptors (Lipinski definition) is 3. The Hall–Kier alpha value is -0.610. The maximum atomic E-state index is 11.3. The van der Waals surface area contributed by atoms with Gasteiger partial charge in [-0.1, -0.05) is 13.8 Å². The molecule has 104 valence electrons. The SMILES string of the molecule is CC(C)CC(NC1CCN2CCCC2C1)C(=O)O. The molecule has 0 amide bonds. The van der Waals surface area contributed by atoms with E-state index >= 15 is 0 Å². The zero-order valence-corrected chi connectivity index (χ0v) is 11.6. The Bertz CT molecular complexity index is 294. The molecule has 2 rings (SSSR count). The fourth-order valence-electron chi connectivity index (χ4n) is 3.37. The van der Waals surface area contributed by atoms with Gasteiger partial charge in [0.2, 0.25) is 0 Å². The van der Waals surface area contributed by atoms with Crippen LogP contribution in [0.4, 0.5) is 0 Å². The average Bonchev–Trinajstić information content (AvgIpc) is 2.74. The predicted molar refractivity (Wildman–Crippen MR) is 71.6 cm³/mol. The van der Waals surface area contributed by atoms with Crippen molar-refractivity contribution < 1.29 is 9.90 Å². The molecular formula is C14H26N2O2. The van der Waals surface area contributed by atoms with Gasteiger partial charge in [-0.3, -0.25) is 4.79 Å². The van der Waals surface area contributed by atoms with Gasteiger partial charge in [0.15, 0.2) is 0 Å². The Morgan fingerprint density at radius 3 is 2.83 bits per heavy atom. The summed E-state index contributed by atoms with van der Waals surface area (Å²) in [5.41, 5.74) is 0. The van der Waals surface area contributed by atoms with E-state index in [9.17, 15) is 9.90 Å². The number of fused-ring (bicyclic) bond motifs is 1. The third-order valence-corrected chi connectivity index (χ3v) is 4.26. The van der Waals surface area contributed by atoms with Gasteiger partial charge < -0.3 is 15.3 Å². The third kappa shape index (κ3) is 3.45. The molecule has 3 atom stereocenters. The second-order valence-corrected chi connectivity index (χ2v) is 6.24.